The Labute approximate surface area is 182 Å². The third-order valence-corrected chi connectivity index (χ3v) is 4.72. The van der Waals surface area contributed by atoms with E-state index in [-0.39, 0.29) is 17.6 Å². The van der Waals surface area contributed by atoms with E-state index in [1.165, 1.54) is 18.5 Å². The lowest BCUT2D eigenvalue weighted by molar-refractivity contribution is -0.384. The van der Waals surface area contributed by atoms with E-state index in [1.54, 1.807) is 24.3 Å². The Kier molecular flexibility index (Phi) is 5.89. The summed E-state index contributed by atoms with van der Waals surface area (Å²) < 4.78 is 6.83. The van der Waals surface area contributed by atoms with Crippen molar-refractivity contribution in [2.45, 2.75) is 13.2 Å². The van der Waals surface area contributed by atoms with Gasteiger partial charge in [-0.15, -0.1) is 0 Å². The van der Waals surface area contributed by atoms with Crippen molar-refractivity contribution < 1.29 is 14.5 Å². The summed E-state index contributed by atoms with van der Waals surface area (Å²) in [7, 11) is 0. The van der Waals surface area contributed by atoms with Crippen molar-refractivity contribution in [3.63, 3.8) is 0 Å². The fourth-order valence-electron chi connectivity index (χ4n) is 3.10. The van der Waals surface area contributed by atoms with E-state index in [0.29, 0.717) is 23.6 Å². The zero-order chi connectivity index (χ0) is 22.5. The molecule has 0 spiro atoms. The minimum Gasteiger partial charge on any atom is -0.489 e. The van der Waals surface area contributed by atoms with Gasteiger partial charge in [-0.1, -0.05) is 30.3 Å². The minimum atomic E-state index is -0.587. The quantitative estimate of drug-likeness (QED) is 0.354. The van der Waals surface area contributed by atoms with Crippen LogP contribution >= 0.6 is 0 Å². The molecule has 0 atom stereocenters. The third kappa shape index (κ3) is 4.78. The van der Waals surface area contributed by atoms with Gasteiger partial charge in [-0.05, 0) is 35.9 Å². The van der Waals surface area contributed by atoms with Crippen LogP contribution in [0.4, 0.5) is 11.4 Å². The Balaban J connectivity index is 1.41. The highest BCUT2D eigenvalue weighted by atomic mass is 16.6. The van der Waals surface area contributed by atoms with Gasteiger partial charge in [0.05, 0.1) is 22.2 Å². The summed E-state index contributed by atoms with van der Waals surface area (Å²) in [5.74, 6) is 0.222. The summed E-state index contributed by atoms with van der Waals surface area (Å²) in [5.41, 5.74) is 1.17. The number of nitro benzene ring substituents is 1. The van der Waals surface area contributed by atoms with Crippen molar-refractivity contribution in [3.8, 4) is 5.75 Å². The fourth-order valence-corrected chi connectivity index (χ4v) is 3.10. The number of carbonyl (C=O) groups excluding carboxylic acids is 1. The van der Waals surface area contributed by atoms with Gasteiger partial charge in [-0.25, -0.2) is 4.98 Å². The lowest BCUT2D eigenvalue weighted by Crippen LogP contribution is -2.27. The maximum atomic E-state index is 12.6. The van der Waals surface area contributed by atoms with Crippen LogP contribution in [0.25, 0.3) is 10.9 Å². The Bertz CT molecular complexity index is 1330. The molecule has 9 heteroatoms. The molecule has 0 radical (unpaired) electrons. The average Bonchev–Trinajstić information content (AvgIpc) is 2.81. The highest BCUT2D eigenvalue weighted by Crippen LogP contribution is 2.18. The van der Waals surface area contributed by atoms with Crippen molar-refractivity contribution in [1.29, 1.82) is 0 Å². The standard InChI is InChI=1S/C23H18N4O5/c28-22(13-26-15-24-21-11-8-18(27(30)31)12-20(21)23(26)29)25-17-6-9-19(10-7-17)32-14-16-4-2-1-3-5-16/h1-12,15H,13-14H2,(H,25,28). The molecule has 1 N–H and O–H groups in total. The van der Waals surface area contributed by atoms with Crippen molar-refractivity contribution in [2.24, 2.45) is 0 Å². The van der Waals surface area contributed by atoms with Gasteiger partial charge in [-0.2, -0.15) is 0 Å². The van der Waals surface area contributed by atoms with Gasteiger partial charge in [0, 0.05) is 17.8 Å². The number of nitrogens with one attached hydrogen (secondary N) is 1. The minimum absolute atomic E-state index is 0.0782. The van der Waals surface area contributed by atoms with Crippen LogP contribution in [0.1, 0.15) is 5.56 Å². The Morgan fingerprint density at radius 1 is 1.06 bits per heavy atom. The summed E-state index contributed by atoms with van der Waals surface area (Å²) >= 11 is 0. The number of nitrogens with zero attached hydrogens (tertiary/aromatic N) is 3. The van der Waals surface area contributed by atoms with Gasteiger partial charge in [0.15, 0.2) is 0 Å². The molecular formula is C23H18N4O5. The van der Waals surface area contributed by atoms with Crippen molar-refractivity contribution in [1.82, 2.24) is 9.55 Å². The Morgan fingerprint density at radius 2 is 1.81 bits per heavy atom. The molecule has 0 saturated carbocycles. The van der Waals surface area contributed by atoms with Gasteiger partial charge in [0.2, 0.25) is 5.91 Å². The molecule has 1 amide bonds. The Hall–Kier alpha value is -4.53. The van der Waals surface area contributed by atoms with Crippen molar-refractivity contribution >= 4 is 28.2 Å². The van der Waals surface area contributed by atoms with Crippen LogP contribution in [0.2, 0.25) is 0 Å². The number of carbonyl (C=O) groups is 1. The number of fused-ring (bicyclic) bond motifs is 1. The summed E-state index contributed by atoms with van der Waals surface area (Å²) in [6.07, 6.45) is 1.25. The number of hydrogen-bond donors (Lipinski definition) is 1. The summed E-state index contributed by atoms with van der Waals surface area (Å²) in [4.78, 5) is 39.5. The number of anilines is 1. The smallest absolute Gasteiger partial charge is 0.270 e. The number of ether oxygens (including phenoxy) is 1. The van der Waals surface area contributed by atoms with Crippen molar-refractivity contribution in [3.05, 3.63) is 105 Å². The molecule has 4 rings (SSSR count). The number of benzene rings is 3. The molecule has 3 aromatic carbocycles. The predicted octanol–water partition coefficient (Wildman–Crippen LogP) is 3.52. The van der Waals surface area contributed by atoms with Crippen LogP contribution in [-0.2, 0) is 17.9 Å². The second kappa shape index (κ2) is 9.09. The van der Waals surface area contributed by atoms with E-state index < -0.39 is 16.4 Å². The maximum absolute atomic E-state index is 12.6. The molecule has 0 aliphatic heterocycles. The molecule has 160 valence electrons. The van der Waals surface area contributed by atoms with Crippen LogP contribution in [-0.4, -0.2) is 20.4 Å². The highest BCUT2D eigenvalue weighted by molar-refractivity contribution is 5.90. The summed E-state index contributed by atoms with van der Waals surface area (Å²) in [6, 6.07) is 20.5. The zero-order valence-electron chi connectivity index (χ0n) is 16.8. The molecule has 1 aromatic heterocycles. The highest BCUT2D eigenvalue weighted by Gasteiger charge is 2.12. The van der Waals surface area contributed by atoms with Crippen LogP contribution in [0, 0.1) is 10.1 Å². The average molecular weight is 430 g/mol. The number of amides is 1. The van der Waals surface area contributed by atoms with Gasteiger partial charge in [-0.3, -0.25) is 24.3 Å². The lowest BCUT2D eigenvalue weighted by atomic mass is 10.2. The van der Waals surface area contributed by atoms with E-state index in [4.69, 9.17) is 4.74 Å². The number of nitro groups is 1. The van der Waals surface area contributed by atoms with Crippen LogP contribution in [0.3, 0.4) is 0 Å². The molecule has 0 aliphatic rings. The molecule has 0 bridgehead atoms. The SMILES string of the molecule is O=C(Cn1cnc2ccc([N+](=O)[O-])cc2c1=O)Nc1ccc(OCc2ccccc2)cc1. The molecule has 9 nitrogen and oxygen atoms in total. The second-order valence-electron chi connectivity index (χ2n) is 6.98. The van der Waals surface area contributed by atoms with Gasteiger partial charge >= 0.3 is 0 Å². The molecule has 1 heterocycles. The van der Waals surface area contributed by atoms with Gasteiger partial charge in [0.1, 0.15) is 18.9 Å². The van der Waals surface area contributed by atoms with Crippen LogP contribution < -0.4 is 15.6 Å². The molecule has 4 aromatic rings. The largest absolute Gasteiger partial charge is 0.489 e. The second-order valence-corrected chi connectivity index (χ2v) is 6.98. The molecule has 0 fully saturated rings. The zero-order valence-corrected chi connectivity index (χ0v) is 16.8. The topological polar surface area (TPSA) is 116 Å². The monoisotopic (exact) mass is 430 g/mol. The van der Waals surface area contributed by atoms with E-state index in [9.17, 15) is 19.7 Å². The first-order valence-electron chi connectivity index (χ1n) is 9.70. The van der Waals surface area contributed by atoms with Gasteiger partial charge < -0.3 is 10.1 Å². The first kappa shape index (κ1) is 20.7. The van der Waals surface area contributed by atoms with Gasteiger partial charge in [0.25, 0.3) is 11.2 Å². The first-order chi connectivity index (χ1) is 15.5. The third-order valence-electron chi connectivity index (χ3n) is 4.72. The molecule has 32 heavy (non-hydrogen) atoms. The van der Waals surface area contributed by atoms with Crippen molar-refractivity contribution in [2.75, 3.05) is 5.32 Å². The lowest BCUT2D eigenvalue weighted by Gasteiger charge is -2.10. The van der Waals surface area contributed by atoms with Crippen LogP contribution in [0.5, 0.6) is 5.75 Å². The van der Waals surface area contributed by atoms with E-state index in [0.717, 1.165) is 16.2 Å². The molecule has 0 saturated heterocycles. The van der Waals surface area contributed by atoms with E-state index in [2.05, 4.69) is 10.3 Å². The number of non-ortho nitro benzene ring substituents is 1. The Morgan fingerprint density at radius 3 is 2.53 bits per heavy atom. The predicted molar refractivity (Wildman–Crippen MR) is 119 cm³/mol. The molecular weight excluding hydrogens is 412 g/mol. The molecule has 0 unspecified atom stereocenters. The maximum Gasteiger partial charge on any atom is 0.270 e. The molecule has 0 aliphatic carbocycles. The number of aromatic nitrogens is 2. The van der Waals surface area contributed by atoms with E-state index >= 15 is 0 Å². The normalized spacial score (nSPS) is 10.6. The number of rotatable bonds is 7. The van der Waals surface area contributed by atoms with Crippen LogP contribution in [0.15, 0.2) is 83.9 Å². The summed E-state index contributed by atoms with van der Waals surface area (Å²) in [6.45, 7) is 0.152. The number of hydrogen-bond acceptors (Lipinski definition) is 6. The fraction of sp³-hybridized carbons (Fsp3) is 0.0870. The van der Waals surface area contributed by atoms with E-state index in [1.807, 2.05) is 30.3 Å². The summed E-state index contributed by atoms with van der Waals surface area (Å²) in [5, 5.41) is 13.7. The first-order valence-corrected chi connectivity index (χ1v) is 9.70.